The fourth-order valence-corrected chi connectivity index (χ4v) is 1.62. The molecule has 0 saturated carbocycles. The minimum Gasteiger partial charge on any atom is -0.481 e. The topological polar surface area (TPSA) is 40.5 Å². The third kappa shape index (κ3) is 7.88. The number of hydrogen-bond acceptors (Lipinski definition) is 2. The van der Waals surface area contributed by atoms with E-state index in [9.17, 15) is 4.79 Å². The molecule has 0 bridgehead atoms. The van der Waals surface area contributed by atoms with Crippen molar-refractivity contribution in [2.45, 2.75) is 19.3 Å². The fraction of sp³-hybridized carbons (Fsp3) is 0.417. The molecule has 0 aliphatic heterocycles. The summed E-state index contributed by atoms with van der Waals surface area (Å²) in [5.74, 6) is -0.790. The van der Waals surface area contributed by atoms with Crippen LogP contribution in [0.5, 0.6) is 0 Å². The zero-order valence-electron chi connectivity index (χ0n) is 9.66. The monoisotopic (exact) mass is 277 g/mol. The van der Waals surface area contributed by atoms with Gasteiger partial charge in [0.15, 0.2) is 0 Å². The molecule has 1 N–H and O–H groups in total. The van der Waals surface area contributed by atoms with Gasteiger partial charge in [-0.1, -0.05) is 24.8 Å². The summed E-state index contributed by atoms with van der Waals surface area (Å²) in [4.78, 5) is 12.0. The first-order valence-corrected chi connectivity index (χ1v) is 6.21. The Balaban J connectivity index is 4.02. The van der Waals surface area contributed by atoms with Gasteiger partial charge in [0.2, 0.25) is 0 Å². The third-order valence-electron chi connectivity index (χ3n) is 2.09. The smallest absolute Gasteiger partial charge is 0.303 e. The van der Waals surface area contributed by atoms with Crippen LogP contribution in [0.2, 0.25) is 0 Å². The molecule has 0 heterocycles. The lowest BCUT2D eigenvalue weighted by Crippen LogP contribution is -2.17. The van der Waals surface area contributed by atoms with Crippen LogP contribution in [0.4, 0.5) is 0 Å². The van der Waals surface area contributed by atoms with Gasteiger partial charge in [0.25, 0.3) is 0 Å². The Morgan fingerprint density at radius 1 is 1.18 bits per heavy atom. The highest BCUT2D eigenvalue weighted by Gasteiger charge is 2.01. The van der Waals surface area contributed by atoms with Crippen molar-refractivity contribution >= 4 is 29.2 Å². The van der Waals surface area contributed by atoms with Gasteiger partial charge in [-0.15, -0.1) is 23.2 Å². The van der Waals surface area contributed by atoms with Gasteiger partial charge in [0.1, 0.15) is 0 Å². The highest BCUT2D eigenvalue weighted by molar-refractivity contribution is 6.20. The van der Waals surface area contributed by atoms with E-state index in [1.807, 2.05) is 0 Å². The lowest BCUT2D eigenvalue weighted by Gasteiger charge is -2.18. The molecule has 3 nitrogen and oxygen atoms in total. The molecule has 0 aliphatic carbocycles. The molecule has 0 atom stereocenters. The van der Waals surface area contributed by atoms with Crippen LogP contribution in [0.15, 0.2) is 36.6 Å². The summed E-state index contributed by atoms with van der Waals surface area (Å²) in [6, 6.07) is 0.552. The quantitative estimate of drug-likeness (QED) is 0.398. The molecule has 0 aromatic carbocycles. The van der Waals surface area contributed by atoms with Crippen LogP contribution < -0.4 is 0 Å². The van der Waals surface area contributed by atoms with Crippen LogP contribution in [0.3, 0.4) is 0 Å². The van der Waals surface area contributed by atoms with E-state index in [2.05, 4.69) is 13.2 Å². The van der Waals surface area contributed by atoms with Crippen molar-refractivity contribution in [3.05, 3.63) is 36.6 Å². The van der Waals surface area contributed by atoms with Gasteiger partial charge in [-0.25, -0.2) is 0 Å². The minimum atomic E-state index is -0.790. The van der Waals surface area contributed by atoms with Gasteiger partial charge >= 0.3 is 5.97 Å². The number of alkyl halides is 2. The van der Waals surface area contributed by atoms with Crippen LogP contribution >= 0.6 is 23.2 Å². The Labute approximate surface area is 112 Å². The molecule has 0 aromatic rings. The third-order valence-corrected chi connectivity index (χ3v) is 2.67. The maximum Gasteiger partial charge on any atom is 0.303 e. The summed E-state index contributed by atoms with van der Waals surface area (Å²) in [5.41, 5.74) is 1.56. The molecular formula is C12H17Cl2NO2. The van der Waals surface area contributed by atoms with E-state index in [4.69, 9.17) is 28.3 Å². The Morgan fingerprint density at radius 3 is 2.24 bits per heavy atom. The SMILES string of the molecule is C=C(C=CC(=C)N(CCl)CCl)CCCC(=O)O. The molecule has 0 saturated heterocycles. The summed E-state index contributed by atoms with van der Waals surface area (Å²) < 4.78 is 0. The molecule has 0 rings (SSSR count). The van der Waals surface area contributed by atoms with Gasteiger partial charge in [-0.2, -0.15) is 0 Å². The van der Waals surface area contributed by atoms with Crippen LogP contribution in [0, 0.1) is 0 Å². The van der Waals surface area contributed by atoms with Crippen molar-refractivity contribution < 1.29 is 9.90 Å². The second-order valence-electron chi connectivity index (χ2n) is 3.51. The minimum absolute atomic E-state index is 0.156. The first kappa shape index (κ1) is 16.1. The molecule has 0 fully saturated rings. The Morgan fingerprint density at radius 2 is 1.76 bits per heavy atom. The first-order valence-electron chi connectivity index (χ1n) is 5.14. The lowest BCUT2D eigenvalue weighted by atomic mass is 10.1. The van der Waals surface area contributed by atoms with Crippen molar-refractivity contribution in [3.63, 3.8) is 0 Å². The number of rotatable bonds is 9. The molecule has 0 aliphatic rings. The normalized spacial score (nSPS) is 10.5. The zero-order valence-corrected chi connectivity index (χ0v) is 11.2. The van der Waals surface area contributed by atoms with E-state index in [1.165, 1.54) is 0 Å². The van der Waals surface area contributed by atoms with Crippen LogP contribution in [-0.2, 0) is 4.79 Å². The lowest BCUT2D eigenvalue weighted by molar-refractivity contribution is -0.137. The molecule has 0 aromatic heterocycles. The average Bonchev–Trinajstić information content (AvgIpc) is 2.27. The van der Waals surface area contributed by atoms with Gasteiger partial charge in [0, 0.05) is 12.1 Å². The van der Waals surface area contributed by atoms with Crippen LogP contribution in [0.25, 0.3) is 0 Å². The Hall–Kier alpha value is -0.930. The summed E-state index contributed by atoms with van der Waals surface area (Å²) in [7, 11) is 0. The van der Waals surface area contributed by atoms with Crippen molar-refractivity contribution in [3.8, 4) is 0 Å². The summed E-state index contributed by atoms with van der Waals surface area (Å²) in [6.07, 6.45) is 4.96. The molecule has 0 unspecified atom stereocenters. The van der Waals surface area contributed by atoms with Crippen LogP contribution in [-0.4, -0.2) is 28.0 Å². The fourth-order valence-electron chi connectivity index (χ4n) is 1.05. The van der Waals surface area contributed by atoms with Crippen molar-refractivity contribution in [2.24, 2.45) is 0 Å². The first-order chi connectivity index (χ1) is 8.01. The maximum absolute atomic E-state index is 10.3. The molecule has 0 amide bonds. The molecule has 0 radical (unpaired) electrons. The molecule has 96 valence electrons. The summed E-state index contributed by atoms with van der Waals surface area (Å²) in [6.45, 7) is 7.64. The average molecular weight is 278 g/mol. The molecule has 5 heteroatoms. The van der Waals surface area contributed by atoms with Gasteiger partial charge in [0.05, 0.1) is 12.0 Å². The molecular weight excluding hydrogens is 261 g/mol. The Kier molecular flexibility index (Phi) is 8.64. The van der Waals surface area contributed by atoms with E-state index in [-0.39, 0.29) is 18.4 Å². The highest BCUT2D eigenvalue weighted by atomic mass is 35.5. The van der Waals surface area contributed by atoms with Crippen molar-refractivity contribution in [1.82, 2.24) is 4.90 Å². The van der Waals surface area contributed by atoms with E-state index in [0.29, 0.717) is 18.5 Å². The van der Waals surface area contributed by atoms with Gasteiger partial charge in [-0.3, -0.25) is 4.79 Å². The van der Waals surface area contributed by atoms with Crippen LogP contribution in [0.1, 0.15) is 19.3 Å². The zero-order chi connectivity index (χ0) is 13.3. The second-order valence-corrected chi connectivity index (χ2v) is 3.99. The maximum atomic E-state index is 10.3. The highest BCUT2D eigenvalue weighted by Crippen LogP contribution is 2.11. The van der Waals surface area contributed by atoms with E-state index in [0.717, 1.165) is 5.57 Å². The predicted octanol–water partition coefficient (Wildman–Crippen LogP) is 3.56. The van der Waals surface area contributed by atoms with E-state index >= 15 is 0 Å². The van der Waals surface area contributed by atoms with E-state index < -0.39 is 5.97 Å². The number of carboxylic acids is 1. The van der Waals surface area contributed by atoms with Gasteiger partial charge in [-0.05, 0) is 18.9 Å². The molecule has 17 heavy (non-hydrogen) atoms. The number of nitrogens with zero attached hydrogens (tertiary/aromatic N) is 1. The number of hydrogen-bond donors (Lipinski definition) is 1. The number of halogens is 2. The summed E-state index contributed by atoms with van der Waals surface area (Å²) in [5, 5.41) is 8.48. The number of carbonyl (C=O) groups is 1. The van der Waals surface area contributed by atoms with Gasteiger partial charge < -0.3 is 10.0 Å². The standard InChI is InChI=1S/C12H17Cl2NO2/c1-10(4-3-5-12(16)17)6-7-11(2)15(8-13)9-14/h6-7H,1-5,8-9H2,(H,16,17). The number of aliphatic carboxylic acids is 1. The number of allylic oxidation sites excluding steroid dienone is 3. The largest absolute Gasteiger partial charge is 0.481 e. The second kappa shape index (κ2) is 9.14. The summed E-state index contributed by atoms with van der Waals surface area (Å²) >= 11 is 11.3. The Bertz CT molecular complexity index is 310. The van der Waals surface area contributed by atoms with Crippen molar-refractivity contribution in [1.29, 1.82) is 0 Å². The molecule has 0 spiro atoms. The number of carboxylic acid groups (broad SMARTS) is 1. The van der Waals surface area contributed by atoms with Crippen molar-refractivity contribution in [2.75, 3.05) is 12.0 Å². The predicted molar refractivity (Wildman–Crippen MR) is 72.2 cm³/mol. The van der Waals surface area contributed by atoms with E-state index in [1.54, 1.807) is 17.1 Å².